The fraction of sp³-hybridized carbons (Fsp3) is 0.594. The first-order valence-corrected chi connectivity index (χ1v) is 16.1. The van der Waals surface area contributed by atoms with Crippen LogP contribution in [0.2, 0.25) is 0 Å². The molecule has 1 fully saturated rings. The highest BCUT2D eigenvalue weighted by Crippen LogP contribution is 2.41. The maximum absolute atomic E-state index is 13.8. The molecule has 12 heteroatoms. The summed E-state index contributed by atoms with van der Waals surface area (Å²) in [5, 5.41) is 16.4. The number of rotatable bonds is 12. The molecule has 0 spiro atoms. The predicted octanol–water partition coefficient (Wildman–Crippen LogP) is 3.89. The van der Waals surface area contributed by atoms with Gasteiger partial charge in [0, 0.05) is 31.4 Å². The van der Waals surface area contributed by atoms with Crippen LogP contribution in [0.1, 0.15) is 89.8 Å². The first kappa shape index (κ1) is 33.4. The van der Waals surface area contributed by atoms with Crippen LogP contribution in [0.3, 0.4) is 0 Å². The van der Waals surface area contributed by atoms with E-state index >= 15 is 0 Å². The SMILES string of the molecule is COC(=O)CCCCCCC(=O)N[C@H](C(=O)N1C[C@H](O)C[C@H]1NC(=O)[C@H](C)c1ccc2c(c1)OCc1ncsc1-2)C(C)(C)C. The molecule has 0 unspecified atom stereocenters. The summed E-state index contributed by atoms with van der Waals surface area (Å²) >= 11 is 1.56. The molecular formula is C32H44N4O7S. The minimum absolute atomic E-state index is 0.0602. The van der Waals surface area contributed by atoms with Gasteiger partial charge in [-0.2, -0.15) is 0 Å². The van der Waals surface area contributed by atoms with E-state index in [1.165, 1.54) is 12.0 Å². The number of likely N-dealkylation sites (tertiary alicyclic amines) is 1. The zero-order valence-electron chi connectivity index (χ0n) is 26.2. The van der Waals surface area contributed by atoms with Gasteiger partial charge in [0.1, 0.15) is 24.6 Å². The molecule has 1 aromatic carbocycles. The standard InChI is InChI=1S/C32H44N4O7S/c1-19(20-12-13-22-24(14-20)43-17-23-28(22)44-18-33-23)30(40)34-25-15-21(37)16-36(25)31(41)29(32(2,3)4)35-26(38)10-8-6-7-9-11-27(39)42-5/h12-14,18-19,21,25,29,37H,6-11,15-17H2,1-5H3,(H,34,40)(H,35,38)/t19-,21-,25+,29-/m1/s1. The number of unbranched alkanes of at least 4 members (excludes halogenated alkanes) is 3. The quantitative estimate of drug-likeness (QED) is 0.237. The third kappa shape index (κ3) is 8.15. The van der Waals surface area contributed by atoms with Crippen molar-refractivity contribution in [3.05, 3.63) is 35.0 Å². The molecule has 44 heavy (non-hydrogen) atoms. The third-order valence-electron chi connectivity index (χ3n) is 8.20. The topological polar surface area (TPSA) is 147 Å². The average Bonchev–Trinajstić information content (AvgIpc) is 3.62. The average molecular weight is 629 g/mol. The summed E-state index contributed by atoms with van der Waals surface area (Å²) in [6.45, 7) is 7.86. The molecule has 0 aliphatic carbocycles. The Morgan fingerprint density at radius 2 is 1.89 bits per heavy atom. The van der Waals surface area contributed by atoms with Crippen molar-refractivity contribution < 1.29 is 33.8 Å². The number of fused-ring (bicyclic) bond motifs is 3. The fourth-order valence-corrected chi connectivity index (χ4v) is 6.37. The predicted molar refractivity (Wildman–Crippen MR) is 166 cm³/mol. The Bertz CT molecular complexity index is 1350. The molecule has 3 amide bonds. The van der Waals surface area contributed by atoms with Crippen molar-refractivity contribution >= 4 is 35.0 Å². The van der Waals surface area contributed by atoms with Gasteiger partial charge < -0.3 is 30.1 Å². The molecule has 1 saturated heterocycles. The highest BCUT2D eigenvalue weighted by molar-refractivity contribution is 7.13. The van der Waals surface area contributed by atoms with E-state index in [9.17, 15) is 24.3 Å². The van der Waals surface area contributed by atoms with Gasteiger partial charge in [-0.1, -0.05) is 39.7 Å². The highest BCUT2D eigenvalue weighted by atomic mass is 32.1. The summed E-state index contributed by atoms with van der Waals surface area (Å²) in [4.78, 5) is 58.2. The maximum Gasteiger partial charge on any atom is 0.305 e. The van der Waals surface area contributed by atoms with Gasteiger partial charge in [0.05, 0.1) is 35.2 Å². The van der Waals surface area contributed by atoms with Gasteiger partial charge in [0.15, 0.2) is 0 Å². The van der Waals surface area contributed by atoms with Gasteiger partial charge in [-0.3, -0.25) is 19.2 Å². The van der Waals surface area contributed by atoms with E-state index in [0.717, 1.165) is 34.5 Å². The molecule has 2 aliphatic heterocycles. The van der Waals surface area contributed by atoms with E-state index in [-0.39, 0.29) is 43.1 Å². The molecule has 1 aromatic heterocycles. The molecule has 11 nitrogen and oxygen atoms in total. The van der Waals surface area contributed by atoms with Crippen molar-refractivity contribution in [3.63, 3.8) is 0 Å². The van der Waals surface area contributed by atoms with E-state index in [1.54, 1.807) is 23.8 Å². The van der Waals surface area contributed by atoms with Crippen molar-refractivity contribution in [2.24, 2.45) is 5.41 Å². The van der Waals surface area contributed by atoms with Gasteiger partial charge in [-0.25, -0.2) is 4.98 Å². The number of β-amino-alcohol motifs (C(OH)–C–C–N with tert-alkyl or cyclic N) is 1. The van der Waals surface area contributed by atoms with Crippen LogP contribution in [0, 0.1) is 5.41 Å². The number of carbonyl (C=O) groups is 4. The zero-order valence-corrected chi connectivity index (χ0v) is 27.0. The van der Waals surface area contributed by atoms with E-state index in [2.05, 4.69) is 20.4 Å². The number of benzene rings is 1. The second-order valence-corrected chi connectivity index (χ2v) is 13.5. The van der Waals surface area contributed by atoms with Crippen molar-refractivity contribution in [1.82, 2.24) is 20.5 Å². The lowest BCUT2D eigenvalue weighted by Crippen LogP contribution is -2.58. The Morgan fingerprint density at radius 1 is 1.16 bits per heavy atom. The lowest BCUT2D eigenvalue weighted by Gasteiger charge is -2.36. The minimum atomic E-state index is -0.842. The zero-order chi connectivity index (χ0) is 32.0. The van der Waals surface area contributed by atoms with Crippen LogP contribution in [0.4, 0.5) is 0 Å². The maximum atomic E-state index is 13.8. The number of amides is 3. The van der Waals surface area contributed by atoms with E-state index in [4.69, 9.17) is 4.74 Å². The number of nitrogens with zero attached hydrogens (tertiary/aromatic N) is 2. The summed E-state index contributed by atoms with van der Waals surface area (Å²) in [7, 11) is 1.36. The molecule has 2 aliphatic rings. The van der Waals surface area contributed by atoms with Crippen LogP contribution in [0.15, 0.2) is 23.7 Å². The minimum Gasteiger partial charge on any atom is -0.487 e. The number of carbonyl (C=O) groups excluding carboxylic acids is 4. The Labute approximate surface area is 262 Å². The Balaban J connectivity index is 1.36. The monoisotopic (exact) mass is 628 g/mol. The van der Waals surface area contributed by atoms with E-state index < -0.39 is 29.6 Å². The fourth-order valence-electron chi connectivity index (χ4n) is 5.55. The lowest BCUT2D eigenvalue weighted by molar-refractivity contribution is -0.142. The van der Waals surface area contributed by atoms with Crippen LogP contribution in [-0.2, 0) is 30.5 Å². The normalized spacial score (nSPS) is 18.8. The van der Waals surface area contributed by atoms with Crippen molar-refractivity contribution in [3.8, 4) is 16.2 Å². The number of thiazole rings is 1. The van der Waals surface area contributed by atoms with Gasteiger partial charge in [-0.05, 0) is 42.9 Å². The molecule has 0 saturated carbocycles. The Kier molecular flexibility index (Phi) is 11.0. The molecule has 0 bridgehead atoms. The molecule has 2 aromatic rings. The van der Waals surface area contributed by atoms with E-state index in [0.29, 0.717) is 31.6 Å². The van der Waals surface area contributed by atoms with Gasteiger partial charge in [-0.15, -0.1) is 11.3 Å². The molecule has 3 N–H and O–H groups in total. The lowest BCUT2D eigenvalue weighted by atomic mass is 9.85. The first-order valence-electron chi connectivity index (χ1n) is 15.2. The molecule has 3 heterocycles. The number of hydrogen-bond donors (Lipinski definition) is 3. The molecule has 240 valence electrons. The smallest absolute Gasteiger partial charge is 0.305 e. The number of esters is 1. The third-order valence-corrected chi connectivity index (χ3v) is 9.10. The number of ether oxygens (including phenoxy) is 2. The summed E-state index contributed by atoms with van der Waals surface area (Å²) in [5.41, 5.74) is 3.82. The number of aromatic nitrogens is 1. The number of nitrogens with one attached hydrogen (secondary N) is 2. The van der Waals surface area contributed by atoms with Crippen LogP contribution in [-0.4, -0.2) is 70.6 Å². The van der Waals surface area contributed by atoms with E-state index in [1.807, 2.05) is 39.0 Å². The van der Waals surface area contributed by atoms with Gasteiger partial charge in [0.25, 0.3) is 0 Å². The largest absolute Gasteiger partial charge is 0.487 e. The second-order valence-electron chi connectivity index (χ2n) is 12.7. The first-order chi connectivity index (χ1) is 20.9. The van der Waals surface area contributed by atoms with Gasteiger partial charge >= 0.3 is 5.97 Å². The molecule has 4 rings (SSSR count). The number of hydrogen-bond acceptors (Lipinski definition) is 9. The van der Waals surface area contributed by atoms with Crippen LogP contribution in [0.25, 0.3) is 10.4 Å². The number of methoxy groups -OCH3 is 1. The van der Waals surface area contributed by atoms with Crippen LogP contribution in [0.5, 0.6) is 5.75 Å². The Morgan fingerprint density at radius 3 is 2.59 bits per heavy atom. The molecular weight excluding hydrogens is 584 g/mol. The van der Waals surface area contributed by atoms with Crippen LogP contribution >= 0.6 is 11.3 Å². The summed E-state index contributed by atoms with van der Waals surface area (Å²) < 4.78 is 10.5. The molecule has 0 radical (unpaired) electrons. The van der Waals surface area contributed by atoms with Gasteiger partial charge in [0.2, 0.25) is 17.7 Å². The second kappa shape index (κ2) is 14.5. The summed E-state index contributed by atoms with van der Waals surface area (Å²) in [6.07, 6.45) is 2.23. The molecule has 4 atom stereocenters. The van der Waals surface area contributed by atoms with Crippen molar-refractivity contribution in [2.45, 2.75) is 103 Å². The summed E-state index contributed by atoms with van der Waals surface area (Å²) in [5.74, 6) is -0.932. The summed E-state index contributed by atoms with van der Waals surface area (Å²) in [6, 6.07) is 4.88. The Hall–Kier alpha value is -3.51. The van der Waals surface area contributed by atoms with Crippen LogP contribution < -0.4 is 15.4 Å². The van der Waals surface area contributed by atoms with Crippen molar-refractivity contribution in [1.29, 1.82) is 0 Å². The van der Waals surface area contributed by atoms with Crippen molar-refractivity contribution in [2.75, 3.05) is 13.7 Å². The number of aliphatic hydroxyl groups excluding tert-OH is 1. The number of aliphatic hydroxyl groups is 1. The highest BCUT2D eigenvalue weighted by Gasteiger charge is 2.42.